The van der Waals surface area contributed by atoms with Crippen molar-refractivity contribution in [1.29, 1.82) is 0 Å². The van der Waals surface area contributed by atoms with Gasteiger partial charge in [0.15, 0.2) is 15.5 Å². The van der Waals surface area contributed by atoms with Gasteiger partial charge in [0.05, 0.1) is 4.90 Å². The Morgan fingerprint density at radius 2 is 1.70 bits per heavy atom. The van der Waals surface area contributed by atoms with Crippen LogP contribution < -0.4 is 0 Å². The maximum atomic E-state index is 12.6. The molecule has 0 spiro atoms. The van der Waals surface area contributed by atoms with Crippen LogP contribution in [0.4, 0.5) is 13.2 Å². The second-order valence-electron chi connectivity index (χ2n) is 5.95. The maximum absolute atomic E-state index is 12.6. The van der Waals surface area contributed by atoms with Crippen molar-refractivity contribution < 1.29 is 21.6 Å². The predicted molar refractivity (Wildman–Crippen MR) is 117 cm³/mol. The number of hydrogen-bond donors (Lipinski definition) is 0. The predicted octanol–water partition coefficient (Wildman–Crippen LogP) is 6.32. The average molecular weight is 443 g/mol. The van der Waals surface area contributed by atoms with Crippen LogP contribution in [0.5, 0.6) is 0 Å². The van der Waals surface area contributed by atoms with Crippen LogP contribution in [0, 0.1) is 6.92 Å². The number of aromatic nitrogens is 2. The molecule has 0 radical (unpaired) electrons. The van der Waals surface area contributed by atoms with Gasteiger partial charge in [0.2, 0.25) is 0 Å². The molecule has 30 heavy (non-hydrogen) atoms. The zero-order valence-corrected chi connectivity index (χ0v) is 19.0. The molecule has 2 aromatic rings. The molecule has 0 fully saturated rings. The second kappa shape index (κ2) is 12.2. The Bertz CT molecular complexity index is 969. The van der Waals surface area contributed by atoms with E-state index in [1.54, 1.807) is 0 Å². The number of imidazole rings is 1. The van der Waals surface area contributed by atoms with Gasteiger partial charge in [-0.25, -0.2) is 13.4 Å². The number of benzene rings is 1. The zero-order valence-electron chi connectivity index (χ0n) is 18.2. The van der Waals surface area contributed by atoms with E-state index in [0.29, 0.717) is 5.69 Å². The van der Waals surface area contributed by atoms with Crippen LogP contribution in [-0.4, -0.2) is 24.2 Å². The van der Waals surface area contributed by atoms with Crippen LogP contribution in [-0.2, 0) is 16.0 Å². The van der Waals surface area contributed by atoms with E-state index in [1.165, 1.54) is 41.3 Å². The van der Waals surface area contributed by atoms with Crippen LogP contribution >= 0.6 is 0 Å². The van der Waals surface area contributed by atoms with Crippen LogP contribution in [0.3, 0.4) is 0 Å². The maximum Gasteiger partial charge on any atom is 0.434 e. The summed E-state index contributed by atoms with van der Waals surface area (Å²) in [4.78, 5) is 3.56. The number of sulfone groups is 1. The molecule has 166 valence electrons. The fraction of sp³-hybridized carbons (Fsp3) is 0.318. The first-order valence-corrected chi connectivity index (χ1v) is 11.1. The molecule has 1 heterocycles. The summed E-state index contributed by atoms with van der Waals surface area (Å²) >= 11 is 0. The van der Waals surface area contributed by atoms with Gasteiger partial charge in [0.1, 0.15) is 5.82 Å². The molecule has 1 aromatic heterocycles. The smallest absolute Gasteiger partial charge is 0.303 e. The van der Waals surface area contributed by atoms with E-state index in [-0.39, 0.29) is 10.7 Å². The quantitative estimate of drug-likeness (QED) is 0.520. The zero-order chi connectivity index (χ0) is 23.5. The van der Waals surface area contributed by atoms with Gasteiger partial charge in [-0.05, 0) is 45.0 Å². The average Bonchev–Trinajstić information content (AvgIpc) is 3.09. The first-order valence-electron chi connectivity index (χ1n) is 9.25. The SMILES string of the molecule is C=C/C(C)=C\C=C/C.CC.Cc1nc(C(F)(F)F)cn1-c1ccc(S(C)(=O)=O)cc1. The number of nitrogens with zero attached hydrogens (tertiary/aromatic N) is 2. The van der Waals surface area contributed by atoms with Gasteiger partial charge in [-0.1, -0.05) is 50.3 Å². The van der Waals surface area contributed by atoms with Gasteiger partial charge in [-0.3, -0.25) is 0 Å². The third-order valence-corrected chi connectivity index (χ3v) is 4.72. The lowest BCUT2D eigenvalue weighted by Crippen LogP contribution is -2.05. The van der Waals surface area contributed by atoms with Crippen LogP contribution in [0.25, 0.3) is 5.69 Å². The topological polar surface area (TPSA) is 52.0 Å². The summed E-state index contributed by atoms with van der Waals surface area (Å²) in [6, 6.07) is 5.56. The number of alkyl halides is 3. The Balaban J connectivity index is 0.000000712. The van der Waals surface area contributed by atoms with Crippen molar-refractivity contribution in [2.24, 2.45) is 0 Å². The fourth-order valence-electron chi connectivity index (χ4n) is 2.04. The highest BCUT2D eigenvalue weighted by atomic mass is 32.2. The summed E-state index contributed by atoms with van der Waals surface area (Å²) in [6.45, 7) is 13.1. The van der Waals surface area contributed by atoms with Gasteiger partial charge in [-0.15, -0.1) is 0 Å². The number of hydrogen-bond acceptors (Lipinski definition) is 3. The van der Waals surface area contributed by atoms with Crippen molar-refractivity contribution >= 4 is 9.84 Å². The van der Waals surface area contributed by atoms with Gasteiger partial charge in [-0.2, -0.15) is 13.2 Å². The van der Waals surface area contributed by atoms with Crippen LogP contribution in [0.1, 0.15) is 39.2 Å². The molecule has 2 rings (SSSR count). The van der Waals surface area contributed by atoms with E-state index in [4.69, 9.17) is 0 Å². The molecule has 0 bridgehead atoms. The molecule has 1 aromatic carbocycles. The molecule has 4 nitrogen and oxygen atoms in total. The van der Waals surface area contributed by atoms with Crippen LogP contribution in [0.15, 0.2) is 71.8 Å². The van der Waals surface area contributed by atoms with E-state index in [2.05, 4.69) is 11.6 Å². The molecule has 0 aliphatic rings. The molecule has 0 amide bonds. The Morgan fingerprint density at radius 3 is 2.07 bits per heavy atom. The standard InChI is InChI=1S/C12H11F3N2O2S.C8H12.C2H6/c1-8-16-11(12(13,14)15)7-17(8)9-3-5-10(6-4-9)20(2,18)19;1-4-6-7-8(3)5-2;1-2/h3-7H,1-2H3;4-7H,2H2,1,3H3;1-2H3/b;6-4-,8-7-;. The fourth-order valence-corrected chi connectivity index (χ4v) is 2.67. The van der Waals surface area contributed by atoms with E-state index >= 15 is 0 Å². The van der Waals surface area contributed by atoms with Crippen molar-refractivity contribution in [3.05, 3.63) is 78.4 Å². The van der Waals surface area contributed by atoms with Crippen molar-refractivity contribution in [2.45, 2.75) is 45.7 Å². The molecule has 0 saturated carbocycles. The second-order valence-corrected chi connectivity index (χ2v) is 7.96. The minimum absolute atomic E-state index is 0.107. The number of rotatable bonds is 4. The third-order valence-electron chi connectivity index (χ3n) is 3.59. The Hall–Kier alpha value is -2.61. The molecule has 0 saturated heterocycles. The van der Waals surface area contributed by atoms with E-state index in [1.807, 2.05) is 52.0 Å². The molecule has 0 aliphatic heterocycles. The van der Waals surface area contributed by atoms with E-state index in [9.17, 15) is 21.6 Å². The normalized spacial score (nSPS) is 12.0. The molecule has 0 N–H and O–H groups in total. The highest BCUT2D eigenvalue weighted by Crippen LogP contribution is 2.29. The van der Waals surface area contributed by atoms with Crippen molar-refractivity contribution in [2.75, 3.05) is 6.26 Å². The lowest BCUT2D eigenvalue weighted by molar-refractivity contribution is -0.141. The number of halogens is 3. The molecule has 0 unspecified atom stereocenters. The van der Waals surface area contributed by atoms with Gasteiger partial charge in [0.25, 0.3) is 0 Å². The van der Waals surface area contributed by atoms with E-state index in [0.717, 1.165) is 12.5 Å². The highest BCUT2D eigenvalue weighted by Gasteiger charge is 2.34. The molecule has 0 atom stereocenters. The minimum Gasteiger partial charge on any atom is -0.303 e. The van der Waals surface area contributed by atoms with Crippen molar-refractivity contribution in [3.63, 3.8) is 0 Å². The minimum atomic E-state index is -4.51. The summed E-state index contributed by atoms with van der Waals surface area (Å²) < 4.78 is 61.6. The summed E-state index contributed by atoms with van der Waals surface area (Å²) in [7, 11) is -3.33. The summed E-state index contributed by atoms with van der Waals surface area (Å²) in [5.41, 5.74) is 0.628. The van der Waals surface area contributed by atoms with Gasteiger partial charge in [0, 0.05) is 18.1 Å². The molecular weight excluding hydrogens is 413 g/mol. The van der Waals surface area contributed by atoms with E-state index < -0.39 is 21.7 Å². The third kappa shape index (κ3) is 8.82. The summed E-state index contributed by atoms with van der Waals surface area (Å²) in [6.07, 6.45) is 5.27. The first kappa shape index (κ1) is 27.4. The van der Waals surface area contributed by atoms with Gasteiger partial charge >= 0.3 is 6.18 Å². The number of aryl methyl sites for hydroxylation is 1. The first-order chi connectivity index (χ1) is 13.9. The Labute approximate surface area is 177 Å². The Morgan fingerprint density at radius 1 is 1.17 bits per heavy atom. The highest BCUT2D eigenvalue weighted by molar-refractivity contribution is 7.90. The summed E-state index contributed by atoms with van der Waals surface area (Å²) in [5, 5.41) is 0. The largest absolute Gasteiger partial charge is 0.434 e. The Kier molecular flexibility index (Phi) is 11.1. The lowest BCUT2D eigenvalue weighted by Gasteiger charge is -2.05. The monoisotopic (exact) mass is 442 g/mol. The molecule has 0 aliphatic carbocycles. The summed E-state index contributed by atoms with van der Waals surface area (Å²) in [5.74, 6) is 0.171. The number of allylic oxidation sites excluding steroid dienone is 5. The van der Waals surface area contributed by atoms with Crippen molar-refractivity contribution in [1.82, 2.24) is 9.55 Å². The lowest BCUT2D eigenvalue weighted by atomic mass is 10.3. The molecule has 8 heteroatoms. The van der Waals surface area contributed by atoms with Gasteiger partial charge < -0.3 is 4.57 Å². The molecular formula is C22H29F3N2O2S. The van der Waals surface area contributed by atoms with Crippen LogP contribution in [0.2, 0.25) is 0 Å². The van der Waals surface area contributed by atoms with Crippen molar-refractivity contribution in [3.8, 4) is 5.69 Å².